The van der Waals surface area contributed by atoms with Gasteiger partial charge in [0, 0.05) is 22.1 Å². The molecule has 1 aromatic carbocycles. The molecule has 0 bridgehead atoms. The maximum Gasteiger partial charge on any atom is 0.243 e. The highest BCUT2D eigenvalue weighted by molar-refractivity contribution is 9.10. The van der Waals surface area contributed by atoms with E-state index < -0.39 is 5.91 Å². The van der Waals surface area contributed by atoms with Crippen LogP contribution in [-0.4, -0.2) is 25.7 Å². The Bertz CT molecular complexity index is 415. The van der Waals surface area contributed by atoms with Crippen LogP contribution in [0.3, 0.4) is 0 Å². The van der Waals surface area contributed by atoms with E-state index in [2.05, 4.69) is 21.2 Å². The minimum Gasteiger partial charge on any atom is -0.370 e. The van der Waals surface area contributed by atoms with E-state index in [-0.39, 0.29) is 12.6 Å². The van der Waals surface area contributed by atoms with Gasteiger partial charge in [0.15, 0.2) is 0 Å². The Balaban J connectivity index is 2.36. The van der Waals surface area contributed by atoms with E-state index in [4.69, 9.17) is 22.1 Å². The zero-order valence-corrected chi connectivity index (χ0v) is 12.4. The third-order valence-corrected chi connectivity index (χ3v) is 3.19. The van der Waals surface area contributed by atoms with Crippen LogP contribution in [0.25, 0.3) is 0 Å². The topological polar surface area (TPSA) is 64.3 Å². The number of benzene rings is 1. The van der Waals surface area contributed by atoms with Gasteiger partial charge in [-0.15, -0.1) is 0 Å². The molecular weight excluding hydrogens is 320 g/mol. The van der Waals surface area contributed by atoms with Gasteiger partial charge in [0.05, 0.1) is 6.61 Å². The van der Waals surface area contributed by atoms with Gasteiger partial charge in [-0.1, -0.05) is 33.6 Å². The fourth-order valence-corrected chi connectivity index (χ4v) is 2.32. The lowest BCUT2D eigenvalue weighted by atomic mass is 10.1. The van der Waals surface area contributed by atoms with Crippen molar-refractivity contribution in [2.24, 2.45) is 5.73 Å². The smallest absolute Gasteiger partial charge is 0.243 e. The molecule has 0 aromatic heterocycles. The number of halogens is 2. The van der Waals surface area contributed by atoms with Crippen LogP contribution < -0.4 is 11.1 Å². The fraction of sp³-hybridized carbons (Fsp3) is 0.417. The summed E-state index contributed by atoms with van der Waals surface area (Å²) >= 11 is 9.51. The standard InChI is InChI=1S/C12H16BrClN2O2/c1-8(16-4-5-18-7-12(15)17)10-3-2-9(13)6-11(10)14/h2-3,6,8,16H,4-5,7H2,1H3,(H2,15,17). The molecule has 18 heavy (non-hydrogen) atoms. The number of hydrogen-bond donors (Lipinski definition) is 2. The molecule has 0 heterocycles. The molecule has 1 unspecified atom stereocenters. The van der Waals surface area contributed by atoms with Crippen LogP contribution >= 0.6 is 27.5 Å². The predicted octanol–water partition coefficient (Wildman–Crippen LogP) is 2.26. The second-order valence-corrected chi connectivity index (χ2v) is 5.18. The van der Waals surface area contributed by atoms with Crippen molar-refractivity contribution in [1.29, 1.82) is 0 Å². The molecule has 100 valence electrons. The van der Waals surface area contributed by atoms with Gasteiger partial charge in [0.1, 0.15) is 6.61 Å². The van der Waals surface area contributed by atoms with E-state index in [1.807, 2.05) is 25.1 Å². The van der Waals surface area contributed by atoms with Crippen LogP contribution in [0.2, 0.25) is 5.02 Å². The van der Waals surface area contributed by atoms with Crippen molar-refractivity contribution in [3.8, 4) is 0 Å². The molecule has 1 amide bonds. The first kappa shape index (κ1) is 15.4. The van der Waals surface area contributed by atoms with Crippen molar-refractivity contribution in [2.45, 2.75) is 13.0 Å². The zero-order valence-electron chi connectivity index (χ0n) is 10.1. The molecule has 1 aromatic rings. The Morgan fingerprint density at radius 3 is 2.94 bits per heavy atom. The van der Waals surface area contributed by atoms with E-state index in [0.29, 0.717) is 18.2 Å². The number of carbonyl (C=O) groups excluding carboxylic acids is 1. The van der Waals surface area contributed by atoms with Gasteiger partial charge in [-0.2, -0.15) is 0 Å². The number of primary amides is 1. The van der Waals surface area contributed by atoms with Gasteiger partial charge >= 0.3 is 0 Å². The van der Waals surface area contributed by atoms with Crippen LogP contribution in [0.4, 0.5) is 0 Å². The lowest BCUT2D eigenvalue weighted by Gasteiger charge is -2.15. The Morgan fingerprint density at radius 1 is 1.61 bits per heavy atom. The van der Waals surface area contributed by atoms with Gasteiger partial charge < -0.3 is 15.8 Å². The van der Waals surface area contributed by atoms with Crippen LogP contribution in [0.1, 0.15) is 18.5 Å². The SMILES string of the molecule is CC(NCCOCC(N)=O)c1ccc(Br)cc1Cl. The molecule has 0 fully saturated rings. The average Bonchev–Trinajstić information content (AvgIpc) is 2.27. The molecular formula is C12H16BrClN2O2. The molecule has 0 saturated carbocycles. The second kappa shape index (κ2) is 7.74. The van der Waals surface area contributed by atoms with E-state index in [9.17, 15) is 4.79 Å². The van der Waals surface area contributed by atoms with Crippen molar-refractivity contribution in [3.63, 3.8) is 0 Å². The van der Waals surface area contributed by atoms with Gasteiger partial charge in [0.2, 0.25) is 5.91 Å². The summed E-state index contributed by atoms with van der Waals surface area (Å²) < 4.78 is 6.01. The largest absolute Gasteiger partial charge is 0.370 e. The molecule has 4 nitrogen and oxygen atoms in total. The first-order valence-corrected chi connectivity index (χ1v) is 6.72. The maximum absolute atomic E-state index is 10.4. The summed E-state index contributed by atoms with van der Waals surface area (Å²) in [7, 11) is 0. The highest BCUT2D eigenvalue weighted by Crippen LogP contribution is 2.26. The van der Waals surface area contributed by atoms with Crippen molar-refractivity contribution in [1.82, 2.24) is 5.32 Å². The van der Waals surface area contributed by atoms with Gasteiger partial charge in [-0.3, -0.25) is 4.79 Å². The van der Waals surface area contributed by atoms with Gasteiger partial charge in [-0.25, -0.2) is 0 Å². The predicted molar refractivity (Wildman–Crippen MR) is 75.6 cm³/mol. The Labute approximate surface area is 120 Å². The Kier molecular flexibility index (Phi) is 6.63. The minimum absolute atomic E-state index is 0.0465. The number of rotatable bonds is 7. The summed E-state index contributed by atoms with van der Waals surface area (Å²) in [5.74, 6) is -0.459. The third kappa shape index (κ3) is 5.35. The first-order chi connectivity index (χ1) is 8.50. The highest BCUT2D eigenvalue weighted by Gasteiger charge is 2.09. The Morgan fingerprint density at radius 2 is 2.33 bits per heavy atom. The van der Waals surface area contributed by atoms with Crippen molar-refractivity contribution in [3.05, 3.63) is 33.3 Å². The zero-order chi connectivity index (χ0) is 13.5. The van der Waals surface area contributed by atoms with Gasteiger partial charge in [-0.05, 0) is 24.6 Å². The molecule has 0 aliphatic carbocycles. The van der Waals surface area contributed by atoms with Crippen LogP contribution in [-0.2, 0) is 9.53 Å². The molecule has 1 rings (SSSR count). The van der Waals surface area contributed by atoms with Crippen LogP contribution in [0.15, 0.2) is 22.7 Å². The summed E-state index contributed by atoms with van der Waals surface area (Å²) in [6, 6.07) is 5.89. The van der Waals surface area contributed by atoms with E-state index in [1.54, 1.807) is 0 Å². The quantitative estimate of drug-likeness (QED) is 0.751. The molecule has 3 N–H and O–H groups in total. The number of ether oxygens (including phenoxy) is 1. The number of carbonyl (C=O) groups is 1. The second-order valence-electron chi connectivity index (χ2n) is 3.86. The molecule has 0 spiro atoms. The van der Waals surface area contributed by atoms with Crippen molar-refractivity contribution >= 4 is 33.4 Å². The molecule has 1 atom stereocenters. The van der Waals surface area contributed by atoms with Crippen molar-refractivity contribution < 1.29 is 9.53 Å². The lowest BCUT2D eigenvalue weighted by Crippen LogP contribution is -2.26. The van der Waals surface area contributed by atoms with Crippen molar-refractivity contribution in [2.75, 3.05) is 19.8 Å². The monoisotopic (exact) mass is 334 g/mol. The summed E-state index contributed by atoms with van der Waals surface area (Å²) in [5, 5.41) is 3.97. The summed E-state index contributed by atoms with van der Waals surface area (Å²) in [6.07, 6.45) is 0. The normalized spacial score (nSPS) is 12.4. The molecule has 0 saturated heterocycles. The minimum atomic E-state index is -0.459. The molecule has 6 heteroatoms. The number of nitrogens with one attached hydrogen (secondary N) is 1. The molecule has 0 aliphatic heterocycles. The first-order valence-electron chi connectivity index (χ1n) is 5.55. The molecule has 0 radical (unpaired) electrons. The van der Waals surface area contributed by atoms with E-state index >= 15 is 0 Å². The number of hydrogen-bond acceptors (Lipinski definition) is 3. The number of amides is 1. The maximum atomic E-state index is 10.4. The third-order valence-electron chi connectivity index (χ3n) is 2.37. The van der Waals surface area contributed by atoms with Crippen LogP contribution in [0, 0.1) is 0 Å². The Hall–Kier alpha value is -0.620. The van der Waals surface area contributed by atoms with Crippen LogP contribution in [0.5, 0.6) is 0 Å². The van der Waals surface area contributed by atoms with Gasteiger partial charge in [0.25, 0.3) is 0 Å². The summed E-state index contributed by atoms with van der Waals surface area (Å²) in [4.78, 5) is 10.4. The number of nitrogens with two attached hydrogens (primary N) is 1. The highest BCUT2D eigenvalue weighted by atomic mass is 79.9. The summed E-state index contributed by atoms with van der Waals surface area (Å²) in [6.45, 7) is 3.03. The molecule has 0 aliphatic rings. The van der Waals surface area contributed by atoms with E-state index in [0.717, 1.165) is 10.0 Å². The average molecular weight is 336 g/mol. The van der Waals surface area contributed by atoms with E-state index in [1.165, 1.54) is 0 Å². The fourth-order valence-electron chi connectivity index (χ4n) is 1.48. The lowest BCUT2D eigenvalue weighted by molar-refractivity contribution is -0.122. The summed E-state index contributed by atoms with van der Waals surface area (Å²) in [5.41, 5.74) is 5.98.